The lowest BCUT2D eigenvalue weighted by Crippen LogP contribution is -2.41. The van der Waals surface area contributed by atoms with E-state index in [1.165, 1.54) is 54.7 Å². The minimum absolute atomic E-state index is 0.0418. The molecule has 0 radical (unpaired) electrons. The fourth-order valence-corrected chi connectivity index (χ4v) is 12.4. The number of nitrogens with one attached hydrogen (secondary N) is 1. The molecule has 0 aliphatic carbocycles. The minimum atomic E-state index is -1.90. The first-order valence-corrected chi connectivity index (χ1v) is 26.4. The average molecular weight is 1030 g/mol. The Labute approximate surface area is 436 Å². The van der Waals surface area contributed by atoms with Crippen molar-refractivity contribution in [1.29, 1.82) is 5.26 Å². The molecule has 1 aliphatic heterocycles. The topological polar surface area (TPSA) is 168 Å². The summed E-state index contributed by atoms with van der Waals surface area (Å²) in [6, 6.07) is 47.6. The van der Waals surface area contributed by atoms with Gasteiger partial charge in [-0.05, 0) is 119 Å². The third kappa shape index (κ3) is 10.2. The van der Waals surface area contributed by atoms with Gasteiger partial charge in [-0.3, -0.25) is 14.3 Å². The number of hydrogen-bond donors (Lipinski definition) is 1. The lowest BCUT2D eigenvalue weighted by molar-refractivity contribution is -0.0932. The van der Waals surface area contributed by atoms with Crippen LogP contribution in [0.3, 0.4) is 0 Å². The lowest BCUT2D eigenvalue weighted by Gasteiger charge is -2.39. The predicted octanol–water partition coefficient (Wildman–Crippen LogP) is 10.6. The van der Waals surface area contributed by atoms with Gasteiger partial charge < -0.3 is 28.0 Å². The summed E-state index contributed by atoms with van der Waals surface area (Å²) in [5.74, 6) is 1.35. The van der Waals surface area contributed by atoms with Crippen LogP contribution in [-0.2, 0) is 37.0 Å². The summed E-state index contributed by atoms with van der Waals surface area (Å²) >= 11 is 0. The molecule has 9 aromatic rings. The Morgan fingerprint density at radius 2 is 1.39 bits per heavy atom. The largest absolute Gasteiger partial charge is 0.497 e. The molecule has 15 nitrogen and oxygen atoms in total. The van der Waals surface area contributed by atoms with Crippen LogP contribution in [-0.4, -0.2) is 80.9 Å². The van der Waals surface area contributed by atoms with E-state index in [4.69, 9.17) is 38.3 Å². The first-order chi connectivity index (χ1) is 36.5. The van der Waals surface area contributed by atoms with Gasteiger partial charge in [0.25, 0.3) is 14.1 Å². The van der Waals surface area contributed by atoms with Crippen molar-refractivity contribution in [3.8, 4) is 17.6 Å². The zero-order valence-corrected chi connectivity index (χ0v) is 43.7. The van der Waals surface area contributed by atoms with Gasteiger partial charge >= 0.3 is 5.69 Å². The van der Waals surface area contributed by atoms with Crippen molar-refractivity contribution in [2.24, 2.45) is 0 Å². The number of rotatable bonds is 21. The Morgan fingerprint density at radius 3 is 2.01 bits per heavy atom. The third-order valence-corrected chi connectivity index (χ3v) is 16.2. The molecule has 16 heteroatoms. The van der Waals surface area contributed by atoms with Crippen molar-refractivity contribution < 1.29 is 28.0 Å². The molecule has 0 amide bonds. The van der Waals surface area contributed by atoms with Gasteiger partial charge in [0.15, 0.2) is 6.23 Å². The molecule has 384 valence electrons. The fraction of sp³-hybridized carbons (Fsp3) is 0.305. The van der Waals surface area contributed by atoms with Gasteiger partial charge in [0.2, 0.25) is 0 Å². The molecule has 0 spiro atoms. The van der Waals surface area contributed by atoms with E-state index in [0.29, 0.717) is 30.0 Å². The lowest BCUT2D eigenvalue weighted by atomic mass is 9.80. The number of H-pyrrole nitrogens is 1. The standard InChI is InChI=1S/C59H60N7O8P/c1-38(2)66(39(3)4)75(72-35-11-33-60)74-56-51(37-71-59(44-14-8-7-9-15-44,45-22-27-48(69-5)28-23-45)46-24-29-49(70-6)30-25-46)73-57(64-34-32-52(67)61-58(64)68)55(56)65-36-47(62-63-65)26-20-40-16-17-43-19-18-41-12-10-13-42-21-31-50(40)54(43)53(41)42/h7-10,12-19,21-25,27-32,34,36,38-39,51,55-57H,11,20,26,35,37H2,1-6H3,(H,61,67,68)/t51-,55-,56-,57-,75?/m1/s1. The summed E-state index contributed by atoms with van der Waals surface area (Å²) in [5, 5.41) is 26.5. The highest BCUT2D eigenvalue weighted by Gasteiger charge is 2.52. The number of nitrogens with zero attached hydrogens (tertiary/aromatic N) is 6. The van der Waals surface area contributed by atoms with Crippen molar-refractivity contribution in [3.63, 3.8) is 0 Å². The highest BCUT2D eigenvalue weighted by Crippen LogP contribution is 2.53. The Kier molecular flexibility index (Phi) is 15.2. The van der Waals surface area contributed by atoms with Crippen molar-refractivity contribution in [2.45, 2.75) is 89.1 Å². The van der Waals surface area contributed by atoms with E-state index in [1.807, 2.05) is 85.1 Å². The zero-order chi connectivity index (χ0) is 52.2. The number of ether oxygens (including phenoxy) is 4. The SMILES string of the molecule is COc1ccc(C(OC[C@H]2O[C@@H](n3ccc(=O)[nH]c3=O)[C@H](n3cc(CCc4ccc5ccc6cccc7ccc4c5c67)nn3)[C@@H]2OP(OCCC#N)N(C(C)C)C(C)C)(c2ccccc2)c2ccc(OC)cc2)cc1. The Hall–Kier alpha value is -7.28. The van der Waals surface area contributed by atoms with Crippen LogP contribution in [0.1, 0.15) is 74.3 Å². The summed E-state index contributed by atoms with van der Waals surface area (Å²) < 4.78 is 45.0. The molecule has 0 saturated carbocycles. The quantitative estimate of drug-likeness (QED) is 0.0313. The summed E-state index contributed by atoms with van der Waals surface area (Å²) in [4.78, 5) is 29.1. The van der Waals surface area contributed by atoms with Crippen LogP contribution in [0.5, 0.6) is 11.5 Å². The van der Waals surface area contributed by atoms with Crippen LogP contribution in [0.2, 0.25) is 0 Å². The molecule has 1 N–H and O–H groups in total. The number of aromatic amines is 1. The van der Waals surface area contributed by atoms with Gasteiger partial charge in [0.05, 0.1) is 45.6 Å². The summed E-state index contributed by atoms with van der Waals surface area (Å²) in [6.45, 7) is 8.30. The third-order valence-electron chi connectivity index (χ3n) is 14.1. The van der Waals surface area contributed by atoms with E-state index in [-0.39, 0.29) is 31.7 Å². The molecule has 3 heterocycles. The maximum Gasteiger partial charge on any atom is 0.330 e. The molecule has 7 aromatic carbocycles. The van der Waals surface area contributed by atoms with Crippen LogP contribution in [0.4, 0.5) is 0 Å². The number of aromatic nitrogens is 5. The molecule has 0 bridgehead atoms. The second-order valence-electron chi connectivity index (χ2n) is 19.3. The van der Waals surface area contributed by atoms with Crippen molar-refractivity contribution in [1.82, 2.24) is 29.2 Å². The maximum absolute atomic E-state index is 14.0. The number of methoxy groups -OCH3 is 2. The monoisotopic (exact) mass is 1030 g/mol. The van der Waals surface area contributed by atoms with E-state index in [9.17, 15) is 14.9 Å². The maximum atomic E-state index is 14.0. The molecule has 1 unspecified atom stereocenters. The molecule has 2 aromatic heterocycles. The zero-order valence-electron chi connectivity index (χ0n) is 42.8. The molecule has 75 heavy (non-hydrogen) atoms. The smallest absolute Gasteiger partial charge is 0.330 e. The van der Waals surface area contributed by atoms with Gasteiger partial charge in [0, 0.05) is 30.5 Å². The molecule has 1 aliphatic rings. The van der Waals surface area contributed by atoms with E-state index in [0.717, 1.165) is 16.7 Å². The highest BCUT2D eigenvalue weighted by molar-refractivity contribution is 7.44. The van der Waals surface area contributed by atoms with Crippen LogP contribution < -0.4 is 20.7 Å². The van der Waals surface area contributed by atoms with Crippen molar-refractivity contribution >= 4 is 40.8 Å². The Morgan fingerprint density at radius 1 is 0.760 bits per heavy atom. The second-order valence-corrected chi connectivity index (χ2v) is 20.7. The number of nitriles is 1. The highest BCUT2D eigenvalue weighted by atomic mass is 31.2. The number of aryl methyl sites for hydroxylation is 2. The van der Waals surface area contributed by atoms with Crippen LogP contribution in [0.15, 0.2) is 162 Å². The first kappa shape index (κ1) is 51.2. The second kappa shape index (κ2) is 22.3. The van der Waals surface area contributed by atoms with Crippen LogP contribution in [0.25, 0.3) is 32.3 Å². The minimum Gasteiger partial charge on any atom is -0.497 e. The number of hydrogen-bond acceptors (Lipinski definition) is 12. The van der Waals surface area contributed by atoms with E-state index in [2.05, 4.69) is 98.0 Å². The summed E-state index contributed by atoms with van der Waals surface area (Å²) in [7, 11) is 1.35. The fourth-order valence-electron chi connectivity index (χ4n) is 10.7. The van der Waals surface area contributed by atoms with Gasteiger partial charge in [-0.1, -0.05) is 114 Å². The van der Waals surface area contributed by atoms with Crippen LogP contribution >= 0.6 is 8.53 Å². The summed E-state index contributed by atoms with van der Waals surface area (Å²) in [5.41, 5.74) is 1.86. The molecular weight excluding hydrogens is 966 g/mol. The van der Waals surface area contributed by atoms with E-state index in [1.54, 1.807) is 18.9 Å². The predicted molar refractivity (Wildman–Crippen MR) is 290 cm³/mol. The van der Waals surface area contributed by atoms with Gasteiger partial charge in [0.1, 0.15) is 35.3 Å². The number of benzene rings is 7. The average Bonchev–Trinajstić information content (AvgIpc) is 4.05. The Bertz CT molecular complexity index is 3470. The molecule has 10 rings (SSSR count). The van der Waals surface area contributed by atoms with Crippen molar-refractivity contribution in [3.05, 3.63) is 201 Å². The van der Waals surface area contributed by atoms with Gasteiger partial charge in [-0.25, -0.2) is 14.1 Å². The van der Waals surface area contributed by atoms with E-state index < -0.39 is 49.9 Å². The van der Waals surface area contributed by atoms with Gasteiger partial charge in [-0.15, -0.1) is 5.10 Å². The summed E-state index contributed by atoms with van der Waals surface area (Å²) in [6.07, 6.45) is 1.73. The van der Waals surface area contributed by atoms with E-state index >= 15 is 0 Å². The Balaban J connectivity index is 1.08. The molecule has 1 saturated heterocycles. The normalized spacial score (nSPS) is 17.4. The molecular formula is C59H60N7O8P. The van der Waals surface area contributed by atoms with Crippen molar-refractivity contribution in [2.75, 3.05) is 27.4 Å². The molecule has 1 fully saturated rings. The molecule has 5 atom stereocenters. The van der Waals surface area contributed by atoms with Gasteiger partial charge in [-0.2, -0.15) is 5.26 Å². The first-order valence-electron chi connectivity index (χ1n) is 25.3. The van der Waals surface area contributed by atoms with Crippen LogP contribution in [0, 0.1) is 11.3 Å².